The van der Waals surface area contributed by atoms with Crippen LogP contribution in [0, 0.1) is 24.7 Å². The Morgan fingerprint density at radius 3 is 2.60 bits per heavy atom. The Morgan fingerprint density at radius 2 is 2.10 bits per heavy atom. The van der Waals surface area contributed by atoms with Crippen molar-refractivity contribution in [2.45, 2.75) is 27.2 Å². The first-order valence-electron chi connectivity index (χ1n) is 4.04. The second-order valence-electron chi connectivity index (χ2n) is 3.63. The van der Waals surface area contributed by atoms with E-state index in [1.165, 1.54) is 12.0 Å². The first-order chi connectivity index (χ1) is 4.61. The van der Waals surface area contributed by atoms with Gasteiger partial charge < -0.3 is 0 Å². The Morgan fingerprint density at radius 1 is 1.50 bits per heavy atom. The average Bonchev–Trinajstić information content (AvgIpc) is 1.82. The molecule has 0 heteroatoms. The van der Waals surface area contributed by atoms with Crippen LogP contribution in [0.1, 0.15) is 27.2 Å². The third-order valence-electron chi connectivity index (χ3n) is 2.46. The first kappa shape index (κ1) is 7.84. The van der Waals surface area contributed by atoms with E-state index in [1.807, 2.05) is 0 Å². The fourth-order valence-electron chi connectivity index (χ4n) is 1.79. The summed E-state index contributed by atoms with van der Waals surface area (Å²) in [4.78, 5) is 0. The molecule has 1 aliphatic carbocycles. The van der Waals surface area contributed by atoms with Crippen molar-refractivity contribution in [3.8, 4) is 0 Å². The van der Waals surface area contributed by atoms with Crippen molar-refractivity contribution in [2.75, 3.05) is 0 Å². The maximum absolute atomic E-state index is 5.94. The third-order valence-corrected chi connectivity index (χ3v) is 2.46. The molecule has 0 aromatic rings. The van der Waals surface area contributed by atoms with Crippen LogP contribution in [-0.2, 0) is 0 Å². The fraction of sp³-hybridized carbons (Fsp3) is 0.700. The van der Waals surface area contributed by atoms with Gasteiger partial charge in [0.25, 0.3) is 0 Å². The molecule has 1 rings (SSSR count). The van der Waals surface area contributed by atoms with Crippen LogP contribution in [0.2, 0.25) is 0 Å². The Kier molecular flexibility index (Phi) is 2.18. The zero-order valence-electron chi connectivity index (χ0n) is 7.09. The molecule has 0 saturated heterocycles. The molecule has 0 bridgehead atoms. The van der Waals surface area contributed by atoms with E-state index < -0.39 is 0 Å². The topological polar surface area (TPSA) is 0 Å². The van der Waals surface area contributed by atoms with Gasteiger partial charge in [0.05, 0.1) is 0 Å². The SMILES string of the molecule is [CH]C1C(C)C=C(C)CC1C. The van der Waals surface area contributed by atoms with Crippen molar-refractivity contribution in [1.29, 1.82) is 0 Å². The monoisotopic (exact) mass is 136 g/mol. The van der Waals surface area contributed by atoms with E-state index >= 15 is 0 Å². The van der Waals surface area contributed by atoms with Crippen molar-refractivity contribution in [3.63, 3.8) is 0 Å². The van der Waals surface area contributed by atoms with Crippen LogP contribution in [0.4, 0.5) is 0 Å². The molecule has 0 saturated carbocycles. The molecular weight excluding hydrogens is 120 g/mol. The molecule has 0 spiro atoms. The second-order valence-corrected chi connectivity index (χ2v) is 3.63. The Bertz CT molecular complexity index is 144. The molecule has 0 amide bonds. The zero-order valence-corrected chi connectivity index (χ0v) is 7.09. The van der Waals surface area contributed by atoms with Crippen molar-refractivity contribution in [1.82, 2.24) is 0 Å². The summed E-state index contributed by atoms with van der Waals surface area (Å²) in [5.41, 5.74) is 1.50. The largest absolute Gasteiger partial charge is 0.0825 e. The van der Waals surface area contributed by atoms with Crippen molar-refractivity contribution < 1.29 is 0 Å². The van der Waals surface area contributed by atoms with Gasteiger partial charge in [0.15, 0.2) is 0 Å². The van der Waals surface area contributed by atoms with E-state index in [2.05, 4.69) is 26.8 Å². The van der Waals surface area contributed by atoms with Crippen LogP contribution in [0.5, 0.6) is 0 Å². The summed E-state index contributed by atoms with van der Waals surface area (Å²) in [7, 11) is 0. The summed E-state index contributed by atoms with van der Waals surface area (Å²) in [5.74, 6) is 1.62. The minimum Gasteiger partial charge on any atom is -0.0825 e. The third kappa shape index (κ3) is 1.42. The van der Waals surface area contributed by atoms with E-state index in [0.29, 0.717) is 17.8 Å². The number of hydrogen-bond donors (Lipinski definition) is 0. The van der Waals surface area contributed by atoms with Crippen molar-refractivity contribution in [3.05, 3.63) is 18.6 Å². The molecule has 0 aromatic heterocycles. The normalized spacial score (nSPS) is 41.2. The quantitative estimate of drug-likeness (QED) is 0.449. The molecular formula is C10H16. The lowest BCUT2D eigenvalue weighted by Gasteiger charge is -2.29. The lowest BCUT2D eigenvalue weighted by atomic mass is 9.76. The van der Waals surface area contributed by atoms with Crippen LogP contribution in [-0.4, -0.2) is 0 Å². The summed E-state index contributed by atoms with van der Waals surface area (Å²) < 4.78 is 0. The molecule has 0 fully saturated rings. The van der Waals surface area contributed by atoms with E-state index in [4.69, 9.17) is 6.92 Å². The summed E-state index contributed by atoms with van der Waals surface area (Å²) in [6.45, 7) is 12.6. The average molecular weight is 136 g/mol. The minimum absolute atomic E-state index is 0.378. The lowest BCUT2D eigenvalue weighted by Crippen LogP contribution is -2.20. The molecule has 0 N–H and O–H groups in total. The van der Waals surface area contributed by atoms with Gasteiger partial charge in [0.2, 0.25) is 0 Å². The summed E-state index contributed by atoms with van der Waals surface area (Å²) in [6.07, 6.45) is 3.48. The second kappa shape index (κ2) is 2.77. The van der Waals surface area contributed by atoms with Crippen LogP contribution < -0.4 is 0 Å². The lowest BCUT2D eigenvalue weighted by molar-refractivity contribution is 0.331. The Hall–Kier alpha value is -0.260. The number of allylic oxidation sites excluding steroid dienone is 2. The van der Waals surface area contributed by atoms with Crippen molar-refractivity contribution >= 4 is 0 Å². The smallest absolute Gasteiger partial charge is 0.0225 e. The number of hydrogen-bond acceptors (Lipinski definition) is 0. The van der Waals surface area contributed by atoms with E-state index in [9.17, 15) is 0 Å². The molecule has 0 heterocycles. The fourth-order valence-corrected chi connectivity index (χ4v) is 1.79. The molecule has 0 aromatic carbocycles. The molecule has 10 heavy (non-hydrogen) atoms. The number of rotatable bonds is 0. The molecule has 2 radical (unpaired) electrons. The molecule has 1 aliphatic rings. The molecule has 0 aliphatic heterocycles. The van der Waals surface area contributed by atoms with E-state index in [1.54, 1.807) is 0 Å². The van der Waals surface area contributed by atoms with Crippen LogP contribution >= 0.6 is 0 Å². The highest BCUT2D eigenvalue weighted by Crippen LogP contribution is 2.32. The Balaban J connectivity index is 2.69. The standard InChI is InChI=1S/C10H16/c1-7-5-8(2)10(4)9(3)6-7/h4-5,8-10H,6H2,1-3H3. The zero-order chi connectivity index (χ0) is 7.72. The summed E-state index contributed by atoms with van der Waals surface area (Å²) in [5, 5.41) is 0. The van der Waals surface area contributed by atoms with Crippen LogP contribution in [0.15, 0.2) is 11.6 Å². The molecule has 3 unspecified atom stereocenters. The highest BCUT2D eigenvalue weighted by Gasteiger charge is 2.22. The first-order valence-corrected chi connectivity index (χ1v) is 4.04. The van der Waals surface area contributed by atoms with E-state index in [-0.39, 0.29) is 0 Å². The minimum atomic E-state index is 0.378. The summed E-state index contributed by atoms with van der Waals surface area (Å²) >= 11 is 0. The van der Waals surface area contributed by atoms with Gasteiger partial charge in [-0.05, 0) is 38.0 Å². The maximum Gasteiger partial charge on any atom is -0.0225 e. The highest BCUT2D eigenvalue weighted by molar-refractivity contribution is 5.08. The van der Waals surface area contributed by atoms with E-state index in [0.717, 1.165) is 0 Å². The van der Waals surface area contributed by atoms with Gasteiger partial charge in [-0.3, -0.25) is 0 Å². The van der Waals surface area contributed by atoms with Gasteiger partial charge >= 0.3 is 0 Å². The summed E-state index contributed by atoms with van der Waals surface area (Å²) in [6, 6.07) is 0. The maximum atomic E-state index is 5.94. The predicted molar refractivity (Wildman–Crippen MR) is 44.5 cm³/mol. The van der Waals surface area contributed by atoms with Crippen LogP contribution in [0.25, 0.3) is 0 Å². The van der Waals surface area contributed by atoms with Gasteiger partial charge in [0, 0.05) is 0 Å². The van der Waals surface area contributed by atoms with Crippen molar-refractivity contribution in [2.24, 2.45) is 17.8 Å². The molecule has 3 atom stereocenters. The van der Waals surface area contributed by atoms with Gasteiger partial charge in [-0.15, -0.1) is 0 Å². The molecule has 56 valence electrons. The molecule has 0 nitrogen and oxygen atoms in total. The van der Waals surface area contributed by atoms with Gasteiger partial charge in [-0.2, -0.15) is 0 Å². The van der Waals surface area contributed by atoms with Gasteiger partial charge in [-0.1, -0.05) is 25.5 Å². The van der Waals surface area contributed by atoms with Gasteiger partial charge in [0.1, 0.15) is 0 Å². The van der Waals surface area contributed by atoms with Gasteiger partial charge in [-0.25, -0.2) is 0 Å². The van der Waals surface area contributed by atoms with Crippen LogP contribution in [0.3, 0.4) is 0 Å². The Labute approximate surface area is 64.3 Å². The predicted octanol–water partition coefficient (Wildman–Crippen LogP) is 2.94. The highest BCUT2D eigenvalue weighted by atomic mass is 14.3.